The van der Waals surface area contributed by atoms with Crippen LogP contribution in [0.2, 0.25) is 0 Å². The fraction of sp³-hybridized carbons (Fsp3) is 0.529. The first-order valence-electron chi connectivity index (χ1n) is 8.43. The summed E-state index contributed by atoms with van der Waals surface area (Å²) >= 11 is 0. The highest BCUT2D eigenvalue weighted by molar-refractivity contribution is 7.89. The van der Waals surface area contributed by atoms with Crippen LogP contribution in [-0.2, 0) is 14.8 Å². The first-order chi connectivity index (χ1) is 11.8. The maximum Gasteiger partial charge on any atom is 0.337 e. The fourth-order valence-corrected chi connectivity index (χ4v) is 4.84. The molecule has 1 aromatic carbocycles. The van der Waals surface area contributed by atoms with Gasteiger partial charge in [0.15, 0.2) is 0 Å². The minimum atomic E-state index is -3.89. The van der Waals surface area contributed by atoms with E-state index in [0.717, 1.165) is 6.42 Å². The summed E-state index contributed by atoms with van der Waals surface area (Å²) in [4.78, 5) is 23.3. The lowest BCUT2D eigenvalue weighted by Gasteiger charge is -2.30. The first-order valence-corrected chi connectivity index (χ1v) is 9.87. The molecule has 1 saturated heterocycles. The predicted octanol–water partition coefficient (Wildman–Crippen LogP) is 1.31. The highest BCUT2D eigenvalue weighted by atomic mass is 32.2. The number of hydrogen-bond acceptors (Lipinski definition) is 4. The lowest BCUT2D eigenvalue weighted by molar-refractivity contribution is -0.126. The topological polar surface area (TPSA) is 104 Å². The van der Waals surface area contributed by atoms with Gasteiger partial charge in [-0.05, 0) is 37.3 Å². The number of rotatable bonds is 5. The van der Waals surface area contributed by atoms with Gasteiger partial charge in [0.05, 0.1) is 10.5 Å². The zero-order valence-corrected chi connectivity index (χ0v) is 14.8. The second-order valence-corrected chi connectivity index (χ2v) is 8.71. The molecule has 136 valence electrons. The standard InChI is InChI=1S/C17H22N2O5S/c1-11-10-14(11)18-16(20)12-6-8-19(9-7-12)25(23,24)15-5-3-2-4-13(15)17(21)22/h2-5,11-12,14H,6-10H2,1H3,(H,18,20)(H,21,22). The number of benzene rings is 1. The van der Waals surface area contributed by atoms with Crippen molar-refractivity contribution in [2.45, 2.75) is 37.1 Å². The van der Waals surface area contributed by atoms with Crippen LogP contribution in [-0.4, -0.2) is 48.8 Å². The smallest absolute Gasteiger partial charge is 0.337 e. The van der Waals surface area contributed by atoms with Gasteiger partial charge in [0.1, 0.15) is 0 Å². The summed E-state index contributed by atoms with van der Waals surface area (Å²) in [5, 5.41) is 12.2. The van der Waals surface area contributed by atoms with Gasteiger partial charge in [0, 0.05) is 25.0 Å². The molecule has 0 radical (unpaired) electrons. The third-order valence-corrected chi connectivity index (χ3v) is 6.95. The van der Waals surface area contributed by atoms with Gasteiger partial charge >= 0.3 is 5.97 Å². The number of piperidine rings is 1. The van der Waals surface area contributed by atoms with Gasteiger partial charge in [-0.2, -0.15) is 4.31 Å². The SMILES string of the molecule is CC1CC1NC(=O)C1CCN(S(=O)(=O)c2ccccc2C(=O)O)CC1. The second kappa shape index (κ2) is 6.76. The molecule has 1 aromatic rings. The van der Waals surface area contributed by atoms with E-state index in [0.29, 0.717) is 18.8 Å². The molecule has 2 fully saturated rings. The second-order valence-electron chi connectivity index (χ2n) is 6.81. The van der Waals surface area contributed by atoms with E-state index in [-0.39, 0.29) is 41.4 Å². The maximum absolute atomic E-state index is 12.8. The first kappa shape index (κ1) is 17.9. The van der Waals surface area contributed by atoms with Crippen molar-refractivity contribution in [2.24, 2.45) is 11.8 Å². The molecule has 1 aliphatic heterocycles. The van der Waals surface area contributed by atoms with Crippen LogP contribution in [0.4, 0.5) is 0 Å². The summed E-state index contributed by atoms with van der Waals surface area (Å²) in [5.41, 5.74) is -0.231. The van der Waals surface area contributed by atoms with Crippen LogP contribution in [0.3, 0.4) is 0 Å². The zero-order valence-electron chi connectivity index (χ0n) is 14.0. The molecular weight excluding hydrogens is 344 g/mol. The molecule has 1 aliphatic carbocycles. The van der Waals surface area contributed by atoms with E-state index in [1.165, 1.54) is 28.6 Å². The Morgan fingerprint density at radius 1 is 1.20 bits per heavy atom. The maximum atomic E-state index is 12.8. The van der Waals surface area contributed by atoms with E-state index >= 15 is 0 Å². The molecule has 25 heavy (non-hydrogen) atoms. The highest BCUT2D eigenvalue weighted by Gasteiger charge is 2.38. The Morgan fingerprint density at radius 3 is 2.36 bits per heavy atom. The van der Waals surface area contributed by atoms with Crippen molar-refractivity contribution in [1.29, 1.82) is 0 Å². The summed E-state index contributed by atoms with van der Waals surface area (Å²) in [6.07, 6.45) is 1.90. The average Bonchev–Trinajstić information content (AvgIpc) is 3.29. The Hall–Kier alpha value is -1.93. The molecule has 1 heterocycles. The number of amides is 1. The number of hydrogen-bond donors (Lipinski definition) is 2. The van der Waals surface area contributed by atoms with Crippen molar-refractivity contribution in [1.82, 2.24) is 9.62 Å². The molecule has 7 nitrogen and oxygen atoms in total. The number of nitrogens with one attached hydrogen (secondary N) is 1. The van der Waals surface area contributed by atoms with Gasteiger partial charge in [-0.3, -0.25) is 4.79 Å². The largest absolute Gasteiger partial charge is 0.478 e. The number of carboxylic acids is 1. The van der Waals surface area contributed by atoms with Gasteiger partial charge in [0.25, 0.3) is 0 Å². The molecule has 1 saturated carbocycles. The number of carbonyl (C=O) groups excluding carboxylic acids is 1. The van der Waals surface area contributed by atoms with Crippen molar-refractivity contribution in [2.75, 3.05) is 13.1 Å². The normalized spacial score (nSPS) is 24.7. The Balaban J connectivity index is 1.68. The van der Waals surface area contributed by atoms with Crippen molar-refractivity contribution in [3.8, 4) is 0 Å². The van der Waals surface area contributed by atoms with Crippen LogP contribution in [0.1, 0.15) is 36.5 Å². The van der Waals surface area contributed by atoms with Crippen LogP contribution in [0.25, 0.3) is 0 Å². The molecule has 8 heteroatoms. The van der Waals surface area contributed by atoms with Crippen molar-refractivity contribution in [3.63, 3.8) is 0 Å². The highest BCUT2D eigenvalue weighted by Crippen LogP contribution is 2.31. The molecule has 0 spiro atoms. The lowest BCUT2D eigenvalue weighted by Crippen LogP contribution is -2.43. The molecule has 0 aromatic heterocycles. The van der Waals surface area contributed by atoms with E-state index in [4.69, 9.17) is 0 Å². The Kier molecular flexibility index (Phi) is 4.83. The summed E-state index contributed by atoms with van der Waals surface area (Å²) < 4.78 is 26.8. The van der Waals surface area contributed by atoms with E-state index in [2.05, 4.69) is 12.2 Å². The molecule has 2 unspecified atom stereocenters. The minimum absolute atomic E-state index is 0.00247. The monoisotopic (exact) mass is 366 g/mol. The predicted molar refractivity (Wildman–Crippen MR) is 90.6 cm³/mol. The zero-order chi connectivity index (χ0) is 18.2. The molecule has 2 aliphatic rings. The number of carbonyl (C=O) groups is 2. The van der Waals surface area contributed by atoms with Crippen LogP contribution in [0.5, 0.6) is 0 Å². The van der Waals surface area contributed by atoms with Crippen molar-refractivity contribution < 1.29 is 23.1 Å². The minimum Gasteiger partial charge on any atom is -0.478 e. The fourth-order valence-electron chi connectivity index (χ4n) is 3.19. The summed E-state index contributed by atoms with van der Waals surface area (Å²) in [6.45, 7) is 2.52. The van der Waals surface area contributed by atoms with E-state index in [1.807, 2.05) is 0 Å². The molecule has 2 atom stereocenters. The van der Waals surface area contributed by atoms with Gasteiger partial charge in [-0.1, -0.05) is 19.1 Å². The Morgan fingerprint density at radius 2 is 1.80 bits per heavy atom. The number of sulfonamides is 1. The molecular formula is C17H22N2O5S. The van der Waals surface area contributed by atoms with Crippen molar-refractivity contribution >= 4 is 21.9 Å². The number of carboxylic acid groups (broad SMARTS) is 1. The van der Waals surface area contributed by atoms with Crippen LogP contribution in [0, 0.1) is 11.8 Å². The van der Waals surface area contributed by atoms with Gasteiger partial charge in [0.2, 0.25) is 15.9 Å². The summed E-state index contributed by atoms with van der Waals surface area (Å²) in [6, 6.07) is 5.86. The molecule has 0 bridgehead atoms. The van der Waals surface area contributed by atoms with Gasteiger partial charge < -0.3 is 10.4 Å². The van der Waals surface area contributed by atoms with E-state index in [1.54, 1.807) is 0 Å². The van der Waals surface area contributed by atoms with Gasteiger partial charge in [-0.15, -0.1) is 0 Å². The molecule has 1 amide bonds. The Bertz CT molecular complexity index is 784. The third-order valence-electron chi connectivity index (χ3n) is 5.00. The molecule has 3 rings (SSSR count). The van der Waals surface area contributed by atoms with E-state index < -0.39 is 16.0 Å². The number of aromatic carboxylic acids is 1. The van der Waals surface area contributed by atoms with Crippen molar-refractivity contribution in [3.05, 3.63) is 29.8 Å². The Labute approximate surface area is 147 Å². The summed E-state index contributed by atoms with van der Waals surface area (Å²) in [7, 11) is -3.89. The quantitative estimate of drug-likeness (QED) is 0.818. The summed E-state index contributed by atoms with van der Waals surface area (Å²) in [5.74, 6) is -0.935. The number of nitrogens with zero attached hydrogens (tertiary/aromatic N) is 1. The lowest BCUT2D eigenvalue weighted by atomic mass is 9.97. The van der Waals surface area contributed by atoms with Gasteiger partial charge in [-0.25, -0.2) is 13.2 Å². The van der Waals surface area contributed by atoms with Crippen LogP contribution < -0.4 is 5.32 Å². The average molecular weight is 366 g/mol. The van der Waals surface area contributed by atoms with E-state index in [9.17, 15) is 23.1 Å². The third kappa shape index (κ3) is 3.69. The molecule has 2 N–H and O–H groups in total. The van der Waals surface area contributed by atoms with Crippen LogP contribution >= 0.6 is 0 Å². The van der Waals surface area contributed by atoms with Crippen LogP contribution in [0.15, 0.2) is 29.2 Å².